The minimum absolute atomic E-state index is 0.304. The van der Waals surface area contributed by atoms with Gasteiger partial charge in [0.15, 0.2) is 0 Å². The predicted molar refractivity (Wildman–Crippen MR) is 55.5 cm³/mol. The van der Waals surface area contributed by atoms with E-state index in [1.165, 1.54) is 0 Å². The molecule has 1 aromatic rings. The molecule has 1 aromatic carbocycles. The lowest BCUT2D eigenvalue weighted by Crippen LogP contribution is -2.08. The van der Waals surface area contributed by atoms with Gasteiger partial charge < -0.3 is 5.11 Å². The van der Waals surface area contributed by atoms with Gasteiger partial charge in [0.25, 0.3) is 0 Å². The van der Waals surface area contributed by atoms with E-state index in [0.717, 1.165) is 18.4 Å². The highest BCUT2D eigenvalue weighted by atomic mass is 16.3. The quantitative estimate of drug-likeness (QED) is 0.751. The molecule has 1 heteroatoms. The molecule has 0 aliphatic heterocycles. The Morgan fingerprint density at radius 2 is 1.85 bits per heavy atom. The third-order valence-electron chi connectivity index (χ3n) is 2.42. The van der Waals surface area contributed by atoms with Crippen LogP contribution in [0.2, 0.25) is 0 Å². The van der Waals surface area contributed by atoms with Gasteiger partial charge in [-0.1, -0.05) is 50.6 Å². The Balaban J connectivity index is 2.62. The van der Waals surface area contributed by atoms with E-state index in [1.54, 1.807) is 0 Å². The maximum Gasteiger partial charge on any atom is 0.0815 e. The lowest BCUT2D eigenvalue weighted by molar-refractivity contribution is 0.112. The molecule has 0 bridgehead atoms. The molecule has 0 aliphatic carbocycles. The fraction of sp³-hybridized carbons (Fsp3) is 0.500. The Labute approximate surface area is 80.4 Å². The van der Waals surface area contributed by atoms with Gasteiger partial charge in [-0.05, 0) is 17.9 Å². The van der Waals surface area contributed by atoms with Crippen LogP contribution in [0.3, 0.4) is 0 Å². The van der Waals surface area contributed by atoms with Crippen LogP contribution in [0.4, 0.5) is 0 Å². The maximum absolute atomic E-state index is 9.92. The van der Waals surface area contributed by atoms with Crippen molar-refractivity contribution in [3.63, 3.8) is 0 Å². The largest absolute Gasteiger partial charge is 0.388 e. The number of hydrogen-bond acceptors (Lipinski definition) is 1. The average molecular weight is 178 g/mol. The number of aliphatic hydroxyl groups excluding tert-OH is 1. The monoisotopic (exact) mass is 178 g/mol. The summed E-state index contributed by atoms with van der Waals surface area (Å²) in [7, 11) is 0. The number of hydrogen-bond donors (Lipinski definition) is 1. The Kier molecular flexibility index (Phi) is 3.97. The van der Waals surface area contributed by atoms with Crippen LogP contribution in [-0.4, -0.2) is 5.11 Å². The van der Waals surface area contributed by atoms with Gasteiger partial charge in [-0.3, -0.25) is 0 Å². The molecule has 1 rings (SSSR count). The van der Waals surface area contributed by atoms with E-state index in [2.05, 4.69) is 13.8 Å². The standard InChI is InChI=1S/C12H18O/c1-3-7-10(2)12(13)11-8-5-4-6-9-11/h4-6,8-10,12-13H,3,7H2,1-2H3. The zero-order valence-corrected chi connectivity index (χ0v) is 8.40. The second-order valence-electron chi connectivity index (χ2n) is 3.62. The molecule has 13 heavy (non-hydrogen) atoms. The van der Waals surface area contributed by atoms with Gasteiger partial charge in [0, 0.05) is 0 Å². The molecule has 1 N–H and O–H groups in total. The molecule has 0 saturated carbocycles. The van der Waals surface area contributed by atoms with Crippen molar-refractivity contribution in [1.29, 1.82) is 0 Å². The first-order valence-electron chi connectivity index (χ1n) is 4.98. The normalized spacial score (nSPS) is 15.3. The third-order valence-corrected chi connectivity index (χ3v) is 2.42. The summed E-state index contributed by atoms with van der Waals surface area (Å²) in [5.41, 5.74) is 1.03. The molecule has 2 unspecified atom stereocenters. The molecule has 0 heterocycles. The number of rotatable bonds is 4. The fourth-order valence-corrected chi connectivity index (χ4v) is 1.59. The zero-order chi connectivity index (χ0) is 9.68. The Morgan fingerprint density at radius 3 is 2.38 bits per heavy atom. The summed E-state index contributed by atoms with van der Waals surface area (Å²) in [6.07, 6.45) is 1.90. The van der Waals surface area contributed by atoms with E-state index in [0.29, 0.717) is 5.92 Å². The van der Waals surface area contributed by atoms with Crippen LogP contribution in [0.15, 0.2) is 30.3 Å². The van der Waals surface area contributed by atoms with Crippen LogP contribution in [0.1, 0.15) is 38.4 Å². The summed E-state index contributed by atoms with van der Waals surface area (Å²) in [5.74, 6) is 0.354. The smallest absolute Gasteiger partial charge is 0.0815 e. The first-order valence-corrected chi connectivity index (χ1v) is 4.98. The summed E-state index contributed by atoms with van der Waals surface area (Å²) in [4.78, 5) is 0. The first kappa shape index (κ1) is 10.3. The van der Waals surface area contributed by atoms with Crippen molar-refractivity contribution in [1.82, 2.24) is 0 Å². The molecule has 0 radical (unpaired) electrons. The minimum atomic E-state index is -0.304. The molecule has 0 amide bonds. The van der Waals surface area contributed by atoms with Crippen LogP contribution in [0, 0.1) is 5.92 Å². The summed E-state index contributed by atoms with van der Waals surface area (Å²) < 4.78 is 0. The van der Waals surface area contributed by atoms with Gasteiger partial charge in [-0.25, -0.2) is 0 Å². The van der Waals surface area contributed by atoms with Gasteiger partial charge in [-0.2, -0.15) is 0 Å². The van der Waals surface area contributed by atoms with Crippen molar-refractivity contribution in [3.8, 4) is 0 Å². The second kappa shape index (κ2) is 5.03. The molecular formula is C12H18O. The lowest BCUT2D eigenvalue weighted by Gasteiger charge is -2.18. The van der Waals surface area contributed by atoms with Gasteiger partial charge >= 0.3 is 0 Å². The van der Waals surface area contributed by atoms with Crippen LogP contribution in [0.25, 0.3) is 0 Å². The van der Waals surface area contributed by atoms with E-state index < -0.39 is 0 Å². The van der Waals surface area contributed by atoms with E-state index in [1.807, 2.05) is 30.3 Å². The van der Waals surface area contributed by atoms with Gasteiger partial charge in [-0.15, -0.1) is 0 Å². The van der Waals surface area contributed by atoms with E-state index in [4.69, 9.17) is 0 Å². The van der Waals surface area contributed by atoms with E-state index in [-0.39, 0.29) is 6.10 Å². The topological polar surface area (TPSA) is 20.2 Å². The summed E-state index contributed by atoms with van der Waals surface area (Å²) in [6.45, 7) is 4.25. The van der Waals surface area contributed by atoms with E-state index in [9.17, 15) is 5.11 Å². The fourth-order valence-electron chi connectivity index (χ4n) is 1.59. The molecule has 0 saturated heterocycles. The van der Waals surface area contributed by atoms with Crippen molar-refractivity contribution in [3.05, 3.63) is 35.9 Å². The highest BCUT2D eigenvalue weighted by Crippen LogP contribution is 2.24. The first-order chi connectivity index (χ1) is 6.25. The predicted octanol–water partition coefficient (Wildman–Crippen LogP) is 3.16. The average Bonchev–Trinajstić information content (AvgIpc) is 2.18. The Morgan fingerprint density at radius 1 is 1.23 bits per heavy atom. The summed E-state index contributed by atoms with van der Waals surface area (Å²) in [6, 6.07) is 9.88. The highest BCUT2D eigenvalue weighted by molar-refractivity contribution is 5.17. The lowest BCUT2D eigenvalue weighted by atomic mass is 9.94. The summed E-state index contributed by atoms with van der Waals surface area (Å²) in [5, 5.41) is 9.92. The third kappa shape index (κ3) is 2.85. The van der Waals surface area contributed by atoms with Crippen molar-refractivity contribution in [2.45, 2.75) is 32.8 Å². The van der Waals surface area contributed by atoms with Crippen molar-refractivity contribution in [2.75, 3.05) is 0 Å². The second-order valence-corrected chi connectivity index (χ2v) is 3.62. The zero-order valence-electron chi connectivity index (χ0n) is 8.40. The SMILES string of the molecule is CCCC(C)C(O)c1ccccc1. The Bertz CT molecular complexity index is 230. The molecule has 0 fully saturated rings. The van der Waals surface area contributed by atoms with Crippen molar-refractivity contribution >= 4 is 0 Å². The van der Waals surface area contributed by atoms with Crippen molar-refractivity contribution < 1.29 is 5.11 Å². The molecule has 0 aromatic heterocycles. The van der Waals surface area contributed by atoms with Crippen LogP contribution >= 0.6 is 0 Å². The van der Waals surface area contributed by atoms with Crippen LogP contribution < -0.4 is 0 Å². The Hall–Kier alpha value is -0.820. The summed E-state index contributed by atoms with van der Waals surface area (Å²) >= 11 is 0. The van der Waals surface area contributed by atoms with E-state index >= 15 is 0 Å². The molecule has 2 atom stereocenters. The number of benzene rings is 1. The van der Waals surface area contributed by atoms with Gasteiger partial charge in [0.1, 0.15) is 0 Å². The molecular weight excluding hydrogens is 160 g/mol. The van der Waals surface area contributed by atoms with Gasteiger partial charge in [0.2, 0.25) is 0 Å². The van der Waals surface area contributed by atoms with Gasteiger partial charge in [0.05, 0.1) is 6.10 Å². The van der Waals surface area contributed by atoms with Crippen LogP contribution in [0.5, 0.6) is 0 Å². The highest BCUT2D eigenvalue weighted by Gasteiger charge is 2.14. The minimum Gasteiger partial charge on any atom is -0.388 e. The molecule has 72 valence electrons. The molecule has 0 aliphatic rings. The number of aliphatic hydroxyl groups is 1. The van der Waals surface area contributed by atoms with Crippen molar-refractivity contribution in [2.24, 2.45) is 5.92 Å². The molecule has 0 spiro atoms. The van der Waals surface area contributed by atoms with Crippen LogP contribution in [-0.2, 0) is 0 Å². The maximum atomic E-state index is 9.92. The molecule has 1 nitrogen and oxygen atoms in total.